The van der Waals surface area contributed by atoms with Crippen LogP contribution < -0.4 is 5.32 Å². The molecule has 0 radical (unpaired) electrons. The van der Waals surface area contributed by atoms with Crippen molar-refractivity contribution in [3.63, 3.8) is 0 Å². The van der Waals surface area contributed by atoms with Gasteiger partial charge in [0.2, 0.25) is 5.16 Å². The van der Waals surface area contributed by atoms with Crippen molar-refractivity contribution in [3.8, 4) is 6.07 Å². The van der Waals surface area contributed by atoms with E-state index in [0.29, 0.717) is 5.92 Å². The van der Waals surface area contributed by atoms with Crippen LogP contribution in [0.3, 0.4) is 0 Å². The molecule has 1 aromatic rings. The number of nitriles is 1. The summed E-state index contributed by atoms with van der Waals surface area (Å²) >= 11 is 1.67. The zero-order chi connectivity index (χ0) is 14.4. The quantitative estimate of drug-likeness (QED) is 0.756. The molecule has 0 aliphatic heterocycles. The summed E-state index contributed by atoms with van der Waals surface area (Å²) in [5, 5.41) is 20.9. The first kappa shape index (κ1) is 15.3. The van der Waals surface area contributed by atoms with Crippen molar-refractivity contribution in [2.24, 2.45) is 5.92 Å². The van der Waals surface area contributed by atoms with E-state index in [1.54, 1.807) is 11.8 Å². The molecule has 1 aromatic heterocycles. The van der Waals surface area contributed by atoms with Crippen LogP contribution in [0.5, 0.6) is 0 Å². The van der Waals surface area contributed by atoms with E-state index in [9.17, 15) is 5.26 Å². The van der Waals surface area contributed by atoms with Crippen LogP contribution in [0.1, 0.15) is 44.9 Å². The van der Waals surface area contributed by atoms with Gasteiger partial charge in [-0.25, -0.2) is 4.98 Å². The van der Waals surface area contributed by atoms with Gasteiger partial charge in [-0.15, -0.1) is 5.10 Å². The lowest BCUT2D eigenvalue weighted by Crippen LogP contribution is -2.47. The zero-order valence-electron chi connectivity index (χ0n) is 12.3. The van der Waals surface area contributed by atoms with Crippen LogP contribution in [0.15, 0.2) is 5.16 Å². The summed E-state index contributed by atoms with van der Waals surface area (Å²) in [5.74, 6) is 2.27. The van der Waals surface area contributed by atoms with Crippen LogP contribution in [-0.4, -0.2) is 33.0 Å². The Morgan fingerprint density at radius 1 is 1.60 bits per heavy atom. The van der Waals surface area contributed by atoms with Crippen molar-refractivity contribution in [2.75, 3.05) is 12.3 Å². The fourth-order valence-corrected chi connectivity index (χ4v) is 3.81. The van der Waals surface area contributed by atoms with E-state index < -0.39 is 0 Å². The predicted molar refractivity (Wildman–Crippen MR) is 80.4 cm³/mol. The van der Waals surface area contributed by atoms with Crippen LogP contribution in [0.4, 0.5) is 0 Å². The molecule has 0 saturated heterocycles. The number of aromatic amines is 1. The van der Waals surface area contributed by atoms with E-state index in [0.717, 1.165) is 55.4 Å². The Kier molecular flexibility index (Phi) is 5.44. The standard InChI is InChI=1S/C14H23N5S/c1-3-8-16-14(10-15)7-4-5-12(14)6-9-20-13-17-11(2)18-19-13/h12,16H,3-9H2,1-2H3,(H,17,18,19). The lowest BCUT2D eigenvalue weighted by atomic mass is 9.86. The maximum atomic E-state index is 9.58. The summed E-state index contributed by atoms with van der Waals surface area (Å²) < 4.78 is 0. The first-order chi connectivity index (χ1) is 9.70. The van der Waals surface area contributed by atoms with Gasteiger partial charge in [0, 0.05) is 5.75 Å². The van der Waals surface area contributed by atoms with Gasteiger partial charge in [-0.2, -0.15) is 5.26 Å². The molecule has 2 unspecified atom stereocenters. The third kappa shape index (κ3) is 3.53. The normalized spacial score (nSPS) is 25.8. The van der Waals surface area contributed by atoms with Gasteiger partial charge < -0.3 is 0 Å². The summed E-state index contributed by atoms with van der Waals surface area (Å²) in [4.78, 5) is 4.30. The highest BCUT2D eigenvalue weighted by molar-refractivity contribution is 7.99. The number of H-pyrrole nitrogens is 1. The van der Waals surface area contributed by atoms with Crippen molar-refractivity contribution < 1.29 is 0 Å². The Balaban J connectivity index is 1.85. The van der Waals surface area contributed by atoms with Gasteiger partial charge in [0.25, 0.3) is 0 Å². The number of nitrogens with one attached hydrogen (secondary N) is 2. The summed E-state index contributed by atoms with van der Waals surface area (Å²) in [5.41, 5.74) is -0.300. The van der Waals surface area contributed by atoms with Crippen molar-refractivity contribution in [3.05, 3.63) is 5.82 Å². The van der Waals surface area contributed by atoms with Crippen LogP contribution in [-0.2, 0) is 0 Å². The molecule has 1 heterocycles. The van der Waals surface area contributed by atoms with E-state index in [4.69, 9.17) is 0 Å². The average Bonchev–Trinajstić information content (AvgIpc) is 3.04. The highest BCUT2D eigenvalue weighted by Crippen LogP contribution is 2.38. The largest absolute Gasteiger partial charge is 0.299 e. The molecular weight excluding hydrogens is 270 g/mol. The minimum absolute atomic E-state index is 0.300. The van der Waals surface area contributed by atoms with E-state index >= 15 is 0 Å². The molecule has 20 heavy (non-hydrogen) atoms. The molecule has 1 aliphatic rings. The van der Waals surface area contributed by atoms with Crippen LogP contribution in [0, 0.1) is 24.2 Å². The Hall–Kier alpha value is -1.06. The molecule has 0 amide bonds. The van der Waals surface area contributed by atoms with Crippen molar-refractivity contribution >= 4 is 11.8 Å². The lowest BCUT2D eigenvalue weighted by molar-refractivity contribution is 0.311. The second-order valence-electron chi connectivity index (χ2n) is 5.44. The van der Waals surface area contributed by atoms with Crippen molar-refractivity contribution in [1.29, 1.82) is 5.26 Å². The van der Waals surface area contributed by atoms with Crippen molar-refractivity contribution in [2.45, 2.75) is 56.6 Å². The highest BCUT2D eigenvalue weighted by Gasteiger charge is 2.42. The van der Waals surface area contributed by atoms with Gasteiger partial charge in [0.05, 0.1) is 6.07 Å². The van der Waals surface area contributed by atoms with Crippen LogP contribution in [0.25, 0.3) is 0 Å². The van der Waals surface area contributed by atoms with Gasteiger partial charge in [-0.05, 0) is 45.1 Å². The third-order valence-electron chi connectivity index (χ3n) is 3.98. The predicted octanol–water partition coefficient (Wildman–Crippen LogP) is 2.66. The molecule has 6 heteroatoms. The van der Waals surface area contributed by atoms with Gasteiger partial charge in [0.15, 0.2) is 0 Å². The second-order valence-corrected chi connectivity index (χ2v) is 6.50. The first-order valence-corrected chi connectivity index (χ1v) is 8.37. The number of thioether (sulfide) groups is 1. The summed E-state index contributed by atoms with van der Waals surface area (Å²) in [6.45, 7) is 4.98. The summed E-state index contributed by atoms with van der Waals surface area (Å²) in [6.07, 6.45) is 5.40. The molecule has 2 rings (SSSR count). The third-order valence-corrected chi connectivity index (χ3v) is 4.87. The molecule has 1 saturated carbocycles. The molecule has 1 aliphatic carbocycles. The Bertz CT molecular complexity index is 466. The number of hydrogen-bond acceptors (Lipinski definition) is 5. The Morgan fingerprint density at radius 3 is 3.10 bits per heavy atom. The smallest absolute Gasteiger partial charge is 0.208 e. The lowest BCUT2D eigenvalue weighted by Gasteiger charge is -2.29. The van der Waals surface area contributed by atoms with Gasteiger partial charge in [-0.1, -0.05) is 25.1 Å². The first-order valence-electron chi connectivity index (χ1n) is 7.38. The number of nitrogens with zero attached hydrogens (tertiary/aromatic N) is 3. The topological polar surface area (TPSA) is 77.4 Å². The molecule has 110 valence electrons. The molecular formula is C14H23N5S. The second kappa shape index (κ2) is 7.09. The van der Waals surface area contributed by atoms with Gasteiger partial charge >= 0.3 is 0 Å². The van der Waals surface area contributed by atoms with Crippen molar-refractivity contribution in [1.82, 2.24) is 20.5 Å². The average molecular weight is 293 g/mol. The summed E-state index contributed by atoms with van der Waals surface area (Å²) in [7, 11) is 0. The highest BCUT2D eigenvalue weighted by atomic mass is 32.2. The minimum Gasteiger partial charge on any atom is -0.299 e. The van der Waals surface area contributed by atoms with E-state index in [-0.39, 0.29) is 5.54 Å². The summed E-state index contributed by atoms with van der Waals surface area (Å²) in [6, 6.07) is 2.56. The number of hydrogen-bond donors (Lipinski definition) is 2. The molecule has 5 nitrogen and oxygen atoms in total. The fourth-order valence-electron chi connectivity index (χ4n) is 2.92. The van der Waals surface area contributed by atoms with Crippen LogP contribution >= 0.6 is 11.8 Å². The monoisotopic (exact) mass is 293 g/mol. The van der Waals surface area contributed by atoms with E-state index in [2.05, 4.69) is 33.5 Å². The molecule has 0 spiro atoms. The maximum absolute atomic E-state index is 9.58. The number of aromatic nitrogens is 3. The Labute approximate surface area is 124 Å². The SMILES string of the molecule is CCCNC1(C#N)CCCC1CCSc1n[nH]c(C)n1. The maximum Gasteiger partial charge on any atom is 0.208 e. The zero-order valence-corrected chi connectivity index (χ0v) is 13.1. The molecule has 2 atom stereocenters. The number of rotatable bonds is 7. The fraction of sp³-hybridized carbons (Fsp3) is 0.786. The molecule has 0 bridgehead atoms. The van der Waals surface area contributed by atoms with Crippen LogP contribution in [0.2, 0.25) is 0 Å². The van der Waals surface area contributed by atoms with E-state index in [1.165, 1.54) is 0 Å². The van der Waals surface area contributed by atoms with Gasteiger partial charge in [0.1, 0.15) is 11.4 Å². The molecule has 2 N–H and O–H groups in total. The molecule has 1 fully saturated rings. The van der Waals surface area contributed by atoms with Gasteiger partial charge in [-0.3, -0.25) is 10.4 Å². The molecule has 0 aromatic carbocycles. The number of aryl methyl sites for hydroxylation is 1. The minimum atomic E-state index is -0.300. The Morgan fingerprint density at radius 2 is 2.45 bits per heavy atom. The van der Waals surface area contributed by atoms with E-state index in [1.807, 2.05) is 6.92 Å².